The molecular weight excluding hydrogens is 323 g/mol. The van der Waals surface area contributed by atoms with E-state index in [0.29, 0.717) is 0 Å². The Hall–Kier alpha value is -0.170. The van der Waals surface area contributed by atoms with E-state index in [-0.39, 0.29) is 25.8 Å². The molecule has 2 rings (SSSR count). The topological polar surface area (TPSA) is 0 Å². The van der Waals surface area contributed by atoms with Crippen LogP contribution in [0.15, 0.2) is 36.5 Å². The van der Waals surface area contributed by atoms with Gasteiger partial charge >= 0.3 is 0 Å². The molecule has 0 aromatic heterocycles. The van der Waals surface area contributed by atoms with Gasteiger partial charge in [0, 0.05) is 25.8 Å². The molecule has 2 aliphatic carbocycles. The van der Waals surface area contributed by atoms with Crippen LogP contribution in [0.4, 0.5) is 0 Å². The van der Waals surface area contributed by atoms with Gasteiger partial charge in [0.15, 0.2) is 0 Å². The van der Waals surface area contributed by atoms with Crippen molar-refractivity contribution in [2.45, 2.75) is 19.8 Å². The molecule has 0 aromatic rings. The summed E-state index contributed by atoms with van der Waals surface area (Å²) in [6.07, 6.45) is 20.0. The zero-order chi connectivity index (χ0) is 9.07. The standard InChI is InChI=1S/2C5H5.C2H5.Hf/c2*1-2-4-5-3-1;1-2;/h2*1-3H,4H2;1H2,2H3;/q3*-1;. The molecule has 0 amide bonds. The fraction of sp³-hybridized carbons (Fsp3) is 0.250. The van der Waals surface area contributed by atoms with Crippen molar-refractivity contribution in [2.24, 2.45) is 0 Å². The Morgan fingerprint density at radius 2 is 1.31 bits per heavy atom. The molecule has 0 aliphatic heterocycles. The summed E-state index contributed by atoms with van der Waals surface area (Å²) in [6.45, 7) is 5.00. The predicted octanol–water partition coefficient (Wildman–Crippen LogP) is 3.45. The van der Waals surface area contributed by atoms with Crippen molar-refractivity contribution < 1.29 is 25.8 Å². The van der Waals surface area contributed by atoms with E-state index in [4.69, 9.17) is 0 Å². The molecule has 1 heteroatoms. The zero-order valence-corrected chi connectivity index (χ0v) is 11.7. The summed E-state index contributed by atoms with van der Waals surface area (Å²) in [6, 6.07) is 0. The summed E-state index contributed by atoms with van der Waals surface area (Å²) in [7, 11) is 0. The maximum atomic E-state index is 3.25. The van der Waals surface area contributed by atoms with E-state index < -0.39 is 0 Å². The van der Waals surface area contributed by atoms with Crippen molar-refractivity contribution in [2.75, 3.05) is 0 Å². The third-order valence-corrected chi connectivity index (χ3v) is 1.17. The number of rotatable bonds is 0. The average Bonchev–Trinajstić information content (AvgIpc) is 2.87. The molecule has 0 N–H and O–H groups in total. The second-order valence-electron chi connectivity index (χ2n) is 2.01. The van der Waals surface area contributed by atoms with Crippen LogP contribution in [0.1, 0.15) is 19.8 Å². The molecular formula is C12H15Hf-3. The van der Waals surface area contributed by atoms with Crippen LogP contribution in [0, 0.1) is 19.1 Å². The molecule has 0 saturated heterocycles. The van der Waals surface area contributed by atoms with Gasteiger partial charge in [0.2, 0.25) is 0 Å². The summed E-state index contributed by atoms with van der Waals surface area (Å²) in [5, 5.41) is 0. The maximum Gasteiger partial charge on any atom is 0 e. The van der Waals surface area contributed by atoms with Crippen molar-refractivity contribution in [3.05, 3.63) is 55.5 Å². The quantitative estimate of drug-likeness (QED) is 0.469. The monoisotopic (exact) mass is 339 g/mol. The van der Waals surface area contributed by atoms with Crippen molar-refractivity contribution >= 4 is 0 Å². The van der Waals surface area contributed by atoms with E-state index in [1.54, 1.807) is 6.92 Å². The van der Waals surface area contributed by atoms with Crippen molar-refractivity contribution in [3.63, 3.8) is 0 Å². The van der Waals surface area contributed by atoms with E-state index >= 15 is 0 Å². The van der Waals surface area contributed by atoms with Crippen LogP contribution < -0.4 is 0 Å². The summed E-state index contributed by atoms with van der Waals surface area (Å²) >= 11 is 0. The van der Waals surface area contributed by atoms with Gasteiger partial charge < -0.3 is 6.92 Å². The van der Waals surface area contributed by atoms with Gasteiger partial charge in [-0.15, -0.1) is 12.8 Å². The van der Waals surface area contributed by atoms with Crippen molar-refractivity contribution in [1.29, 1.82) is 0 Å². The summed E-state index contributed by atoms with van der Waals surface area (Å²) in [4.78, 5) is 0. The van der Waals surface area contributed by atoms with Crippen LogP contribution in [-0.4, -0.2) is 0 Å². The molecule has 0 atom stereocenters. The predicted molar refractivity (Wildman–Crippen MR) is 54.2 cm³/mol. The Balaban J connectivity index is 0. The third kappa shape index (κ3) is 11.8. The first kappa shape index (κ1) is 15.3. The van der Waals surface area contributed by atoms with E-state index in [1.165, 1.54) is 0 Å². The largest absolute Gasteiger partial charge is 0.346 e. The summed E-state index contributed by atoms with van der Waals surface area (Å²) in [5.41, 5.74) is 0. The minimum Gasteiger partial charge on any atom is -0.346 e. The Labute approximate surface area is 101 Å². The molecule has 0 nitrogen and oxygen atoms in total. The molecule has 0 spiro atoms. The normalized spacial score (nSPS) is 14.0. The average molecular weight is 338 g/mol. The molecule has 0 heterocycles. The van der Waals surface area contributed by atoms with Crippen LogP contribution >= 0.6 is 0 Å². The van der Waals surface area contributed by atoms with Crippen LogP contribution in [-0.2, 0) is 25.8 Å². The number of hydrogen-bond acceptors (Lipinski definition) is 0. The first-order valence-corrected chi connectivity index (χ1v) is 4.14. The molecule has 0 bridgehead atoms. The van der Waals surface area contributed by atoms with Gasteiger partial charge in [0.1, 0.15) is 0 Å². The Morgan fingerprint density at radius 3 is 1.38 bits per heavy atom. The molecule has 0 saturated carbocycles. The molecule has 13 heavy (non-hydrogen) atoms. The van der Waals surface area contributed by atoms with Gasteiger partial charge in [0.25, 0.3) is 0 Å². The first-order valence-electron chi connectivity index (χ1n) is 4.14. The van der Waals surface area contributed by atoms with Crippen LogP contribution in [0.2, 0.25) is 0 Å². The summed E-state index contributed by atoms with van der Waals surface area (Å²) < 4.78 is 0. The van der Waals surface area contributed by atoms with Crippen LogP contribution in [0.25, 0.3) is 0 Å². The molecule has 70 valence electrons. The van der Waals surface area contributed by atoms with E-state index in [1.807, 2.05) is 24.3 Å². The van der Waals surface area contributed by atoms with Gasteiger partial charge in [-0.2, -0.15) is 19.1 Å². The van der Waals surface area contributed by atoms with Crippen molar-refractivity contribution in [1.82, 2.24) is 0 Å². The molecule has 0 aromatic carbocycles. The van der Waals surface area contributed by atoms with Crippen LogP contribution in [0.5, 0.6) is 0 Å². The zero-order valence-electron chi connectivity index (χ0n) is 8.09. The number of hydrogen-bond donors (Lipinski definition) is 0. The SMILES string of the molecule is [C-]1=CC=CC1.[C-]1=CC=CC1.[CH2-]C.[Hf]. The first-order chi connectivity index (χ1) is 6.00. The second-order valence-corrected chi connectivity index (χ2v) is 2.01. The minimum atomic E-state index is 0. The molecule has 0 fully saturated rings. The van der Waals surface area contributed by atoms with Gasteiger partial charge in [0.05, 0.1) is 0 Å². The number of allylic oxidation sites excluding steroid dienone is 8. The van der Waals surface area contributed by atoms with Crippen LogP contribution in [0.3, 0.4) is 0 Å². The van der Waals surface area contributed by atoms with E-state index in [0.717, 1.165) is 12.8 Å². The third-order valence-electron chi connectivity index (χ3n) is 1.17. The minimum absolute atomic E-state index is 0. The fourth-order valence-corrected chi connectivity index (χ4v) is 0.680. The van der Waals surface area contributed by atoms with Gasteiger partial charge in [-0.25, -0.2) is 24.3 Å². The molecule has 0 unspecified atom stereocenters. The Kier molecular flexibility index (Phi) is 16.9. The van der Waals surface area contributed by atoms with E-state index in [2.05, 4.69) is 31.2 Å². The Morgan fingerprint density at radius 1 is 0.923 bits per heavy atom. The van der Waals surface area contributed by atoms with Gasteiger partial charge in [-0.1, -0.05) is 0 Å². The van der Waals surface area contributed by atoms with E-state index in [9.17, 15) is 0 Å². The Bertz CT molecular complexity index is 143. The smallest absolute Gasteiger partial charge is 0 e. The molecule has 0 radical (unpaired) electrons. The summed E-state index contributed by atoms with van der Waals surface area (Å²) in [5.74, 6) is 0. The molecule has 2 aliphatic rings. The van der Waals surface area contributed by atoms with Gasteiger partial charge in [-0.3, -0.25) is 12.2 Å². The second kappa shape index (κ2) is 14.4. The van der Waals surface area contributed by atoms with Gasteiger partial charge in [-0.05, 0) is 0 Å². The maximum absolute atomic E-state index is 3.25. The van der Waals surface area contributed by atoms with Crippen molar-refractivity contribution in [3.8, 4) is 0 Å². The fourth-order valence-electron chi connectivity index (χ4n) is 0.680.